The first kappa shape index (κ1) is 11.8. The average Bonchev–Trinajstić information content (AvgIpc) is 2.69. The van der Waals surface area contributed by atoms with Gasteiger partial charge in [0.25, 0.3) is 0 Å². The summed E-state index contributed by atoms with van der Waals surface area (Å²) in [6, 6.07) is 3.86. The van der Waals surface area contributed by atoms with Crippen molar-refractivity contribution in [2.24, 2.45) is 12.9 Å². The van der Waals surface area contributed by atoms with Gasteiger partial charge in [0.2, 0.25) is 0 Å². The number of nitrogens with zero attached hydrogens (tertiary/aromatic N) is 3. The number of aryl methyl sites for hydroxylation is 3. The summed E-state index contributed by atoms with van der Waals surface area (Å²) in [4.78, 5) is 4.44. The van der Waals surface area contributed by atoms with E-state index < -0.39 is 0 Å². The predicted octanol–water partition coefficient (Wildman–Crippen LogP) is 0.985. The molecule has 3 N–H and O–H groups in total. The Hall–Kier alpha value is -1.72. The van der Waals surface area contributed by atoms with E-state index >= 15 is 0 Å². The van der Waals surface area contributed by atoms with Gasteiger partial charge in [0.1, 0.15) is 6.04 Å². The quantitative estimate of drug-likeness (QED) is 0.610. The van der Waals surface area contributed by atoms with Crippen LogP contribution in [0.15, 0.2) is 24.5 Å². The molecule has 2 aromatic heterocycles. The van der Waals surface area contributed by atoms with Crippen molar-refractivity contribution in [1.82, 2.24) is 20.2 Å². The van der Waals surface area contributed by atoms with Crippen LogP contribution in [0, 0.1) is 13.8 Å². The predicted molar refractivity (Wildman–Crippen MR) is 66.1 cm³/mol. The minimum atomic E-state index is -0.170. The maximum absolute atomic E-state index is 5.61. The van der Waals surface area contributed by atoms with Gasteiger partial charge in [-0.1, -0.05) is 6.07 Å². The van der Waals surface area contributed by atoms with Crippen LogP contribution in [0.2, 0.25) is 0 Å². The fourth-order valence-corrected chi connectivity index (χ4v) is 1.92. The molecule has 2 aromatic rings. The summed E-state index contributed by atoms with van der Waals surface area (Å²) in [5.74, 6) is 5.61. The Labute approximate surface area is 101 Å². The van der Waals surface area contributed by atoms with Crippen LogP contribution in [0.3, 0.4) is 0 Å². The van der Waals surface area contributed by atoms with Crippen LogP contribution in [0.5, 0.6) is 0 Å². The van der Waals surface area contributed by atoms with Crippen LogP contribution < -0.4 is 11.3 Å². The molecule has 2 heterocycles. The first-order chi connectivity index (χ1) is 8.11. The Bertz CT molecular complexity index is 517. The van der Waals surface area contributed by atoms with Gasteiger partial charge in [0, 0.05) is 19.4 Å². The highest BCUT2D eigenvalue weighted by Crippen LogP contribution is 2.21. The number of hydrogen-bond acceptors (Lipinski definition) is 4. The molecular formula is C12H17N5. The number of nitrogens with two attached hydrogens (primary N) is 1. The molecule has 0 aliphatic carbocycles. The maximum Gasteiger partial charge on any atom is 0.107 e. The van der Waals surface area contributed by atoms with Crippen LogP contribution >= 0.6 is 0 Å². The largest absolute Gasteiger partial charge is 0.275 e. The molecule has 2 rings (SSSR count). The van der Waals surface area contributed by atoms with Gasteiger partial charge in [-0.3, -0.25) is 15.5 Å². The summed E-state index contributed by atoms with van der Waals surface area (Å²) in [6.07, 6.45) is 3.73. The smallest absolute Gasteiger partial charge is 0.107 e. The van der Waals surface area contributed by atoms with Crippen molar-refractivity contribution in [2.75, 3.05) is 0 Å². The second kappa shape index (κ2) is 4.65. The maximum atomic E-state index is 5.61. The van der Waals surface area contributed by atoms with E-state index in [-0.39, 0.29) is 6.04 Å². The Balaban J connectivity index is 2.42. The summed E-state index contributed by atoms with van der Waals surface area (Å²) < 4.78 is 1.75. The van der Waals surface area contributed by atoms with Crippen molar-refractivity contribution in [3.05, 3.63) is 47.0 Å². The second-order valence-corrected chi connectivity index (χ2v) is 4.23. The summed E-state index contributed by atoms with van der Waals surface area (Å²) >= 11 is 0. The van der Waals surface area contributed by atoms with E-state index in [1.165, 1.54) is 0 Å². The molecule has 0 aliphatic rings. The molecule has 0 fully saturated rings. The zero-order chi connectivity index (χ0) is 12.4. The van der Waals surface area contributed by atoms with E-state index in [2.05, 4.69) is 21.6 Å². The van der Waals surface area contributed by atoms with Gasteiger partial charge in [-0.15, -0.1) is 0 Å². The third-order valence-electron chi connectivity index (χ3n) is 2.73. The summed E-state index contributed by atoms with van der Waals surface area (Å²) in [5, 5.41) is 4.36. The van der Waals surface area contributed by atoms with Gasteiger partial charge in [-0.2, -0.15) is 5.10 Å². The van der Waals surface area contributed by atoms with E-state index in [1.807, 2.05) is 39.4 Å². The molecule has 0 radical (unpaired) electrons. The Morgan fingerprint density at radius 1 is 1.41 bits per heavy atom. The molecular weight excluding hydrogens is 214 g/mol. The minimum Gasteiger partial charge on any atom is -0.275 e. The van der Waals surface area contributed by atoms with Crippen molar-refractivity contribution in [3.8, 4) is 0 Å². The highest BCUT2D eigenvalue weighted by atomic mass is 15.3. The number of rotatable bonds is 3. The number of hydrazine groups is 1. The number of aromatic nitrogens is 3. The van der Waals surface area contributed by atoms with E-state index in [0.29, 0.717) is 0 Å². The molecule has 0 aromatic carbocycles. The fourth-order valence-electron chi connectivity index (χ4n) is 1.92. The molecule has 5 nitrogen and oxygen atoms in total. The lowest BCUT2D eigenvalue weighted by atomic mass is 10.0. The molecule has 0 aliphatic heterocycles. The van der Waals surface area contributed by atoms with E-state index in [0.717, 1.165) is 22.5 Å². The summed E-state index contributed by atoms with van der Waals surface area (Å²) in [5.41, 5.74) is 6.81. The van der Waals surface area contributed by atoms with Crippen LogP contribution in [0.1, 0.15) is 28.6 Å². The summed E-state index contributed by atoms with van der Waals surface area (Å²) in [7, 11) is 1.88. The van der Waals surface area contributed by atoms with E-state index in [1.54, 1.807) is 4.68 Å². The van der Waals surface area contributed by atoms with Crippen molar-refractivity contribution in [3.63, 3.8) is 0 Å². The minimum absolute atomic E-state index is 0.170. The molecule has 1 unspecified atom stereocenters. The number of pyridine rings is 1. The summed E-state index contributed by atoms with van der Waals surface area (Å²) in [6.45, 7) is 4.05. The molecule has 0 spiro atoms. The van der Waals surface area contributed by atoms with E-state index in [4.69, 9.17) is 5.84 Å². The van der Waals surface area contributed by atoms with Gasteiger partial charge in [-0.25, -0.2) is 5.43 Å². The normalized spacial score (nSPS) is 12.7. The Morgan fingerprint density at radius 3 is 2.71 bits per heavy atom. The lowest BCUT2D eigenvalue weighted by Crippen LogP contribution is -2.30. The van der Waals surface area contributed by atoms with E-state index in [9.17, 15) is 0 Å². The molecule has 0 bridgehead atoms. The van der Waals surface area contributed by atoms with Crippen molar-refractivity contribution < 1.29 is 0 Å². The first-order valence-corrected chi connectivity index (χ1v) is 5.50. The van der Waals surface area contributed by atoms with Gasteiger partial charge in [0.05, 0.1) is 11.4 Å². The van der Waals surface area contributed by atoms with Gasteiger partial charge in [0.15, 0.2) is 0 Å². The monoisotopic (exact) mass is 231 g/mol. The molecule has 90 valence electrons. The zero-order valence-corrected chi connectivity index (χ0v) is 10.3. The lowest BCUT2D eigenvalue weighted by molar-refractivity contribution is 0.587. The van der Waals surface area contributed by atoms with Crippen molar-refractivity contribution in [1.29, 1.82) is 0 Å². The first-order valence-electron chi connectivity index (χ1n) is 5.50. The topological polar surface area (TPSA) is 68.8 Å². The third kappa shape index (κ3) is 2.35. The third-order valence-corrected chi connectivity index (χ3v) is 2.73. The molecule has 1 atom stereocenters. The second-order valence-electron chi connectivity index (χ2n) is 4.23. The molecule has 17 heavy (non-hydrogen) atoms. The van der Waals surface area contributed by atoms with Crippen LogP contribution in [0.4, 0.5) is 0 Å². The Kier molecular flexibility index (Phi) is 3.21. The fraction of sp³-hybridized carbons (Fsp3) is 0.333. The highest BCUT2D eigenvalue weighted by molar-refractivity contribution is 5.30. The molecule has 0 amide bonds. The van der Waals surface area contributed by atoms with Crippen molar-refractivity contribution >= 4 is 0 Å². The van der Waals surface area contributed by atoms with Crippen LogP contribution in [0.25, 0.3) is 0 Å². The lowest BCUT2D eigenvalue weighted by Gasteiger charge is -2.15. The van der Waals surface area contributed by atoms with Crippen molar-refractivity contribution in [2.45, 2.75) is 19.9 Å². The molecule has 0 saturated heterocycles. The highest BCUT2D eigenvalue weighted by Gasteiger charge is 2.18. The zero-order valence-electron chi connectivity index (χ0n) is 10.3. The van der Waals surface area contributed by atoms with Gasteiger partial charge < -0.3 is 0 Å². The SMILES string of the molecule is Cc1cnc(C(NN)c2ccn(C)n2)c(C)c1. The molecule has 5 heteroatoms. The standard InChI is InChI=1S/C12H17N5/c1-8-6-9(2)11(14-7-8)12(15-13)10-4-5-17(3)16-10/h4-7,12,15H,13H2,1-3H3. The average molecular weight is 231 g/mol. The molecule has 0 saturated carbocycles. The van der Waals surface area contributed by atoms with Crippen LogP contribution in [-0.4, -0.2) is 14.8 Å². The Morgan fingerprint density at radius 2 is 2.18 bits per heavy atom. The van der Waals surface area contributed by atoms with Gasteiger partial charge in [-0.05, 0) is 31.0 Å². The van der Waals surface area contributed by atoms with Gasteiger partial charge >= 0.3 is 0 Å². The van der Waals surface area contributed by atoms with Crippen LogP contribution in [-0.2, 0) is 7.05 Å². The number of nitrogens with one attached hydrogen (secondary N) is 1. The number of hydrogen-bond donors (Lipinski definition) is 2.